The first-order valence-electron chi connectivity index (χ1n) is 7.66. The molecule has 1 N–H and O–H groups in total. The Morgan fingerprint density at radius 1 is 1.23 bits per heavy atom. The van der Waals surface area contributed by atoms with E-state index < -0.39 is 22.0 Å². The number of fused-ring (bicyclic) bond motifs is 1. The molecule has 0 aromatic heterocycles. The first kappa shape index (κ1) is 18.8. The normalized spacial score (nSPS) is 16.6. The predicted octanol–water partition coefficient (Wildman–Crippen LogP) is 3.47. The van der Waals surface area contributed by atoms with Gasteiger partial charge in [-0.25, -0.2) is 8.42 Å². The van der Waals surface area contributed by atoms with E-state index in [1.807, 2.05) is 6.92 Å². The summed E-state index contributed by atoms with van der Waals surface area (Å²) in [6.07, 6.45) is 0.0581. The summed E-state index contributed by atoms with van der Waals surface area (Å²) in [7, 11) is -3.58. The average Bonchev–Trinajstić information content (AvgIpc) is 2.56. The zero-order valence-electron chi connectivity index (χ0n) is 14.0. The number of rotatable bonds is 3. The van der Waals surface area contributed by atoms with Gasteiger partial charge in [-0.05, 0) is 42.8 Å². The Hall–Kier alpha value is -1.96. The number of carbonyl (C=O) groups excluding carboxylic acids is 1. The molecule has 0 unspecified atom stereocenters. The smallest absolute Gasteiger partial charge is 0.267 e. The first-order chi connectivity index (χ1) is 12.1. The largest absolute Gasteiger partial charge is 0.476 e. The summed E-state index contributed by atoms with van der Waals surface area (Å²) in [5, 5.41) is 3.36. The number of hydrogen-bond donors (Lipinski definition) is 1. The Morgan fingerprint density at radius 3 is 2.65 bits per heavy atom. The summed E-state index contributed by atoms with van der Waals surface area (Å²) >= 11 is 12.0. The maximum absolute atomic E-state index is 12.6. The minimum atomic E-state index is -3.58. The molecular formula is C17H16Cl2N2O4S. The molecular weight excluding hydrogens is 399 g/mol. The van der Waals surface area contributed by atoms with Crippen molar-refractivity contribution >= 4 is 50.5 Å². The zero-order valence-corrected chi connectivity index (χ0v) is 16.3. The second-order valence-corrected chi connectivity index (χ2v) is 8.74. The minimum Gasteiger partial charge on any atom is -0.476 e. The lowest BCUT2D eigenvalue weighted by Crippen LogP contribution is -2.48. The average molecular weight is 415 g/mol. The topological polar surface area (TPSA) is 75.7 Å². The Morgan fingerprint density at radius 2 is 1.96 bits per heavy atom. The summed E-state index contributed by atoms with van der Waals surface area (Å²) < 4.78 is 31.3. The molecule has 1 aliphatic heterocycles. The molecule has 0 spiro atoms. The lowest BCUT2D eigenvalue weighted by atomic mass is 10.1. The molecule has 0 bridgehead atoms. The molecule has 0 radical (unpaired) electrons. The third-order valence-corrected chi connectivity index (χ3v) is 5.57. The summed E-state index contributed by atoms with van der Waals surface area (Å²) in [6.45, 7) is 1.71. The molecule has 1 amide bonds. The van der Waals surface area contributed by atoms with Crippen LogP contribution >= 0.6 is 23.2 Å². The van der Waals surface area contributed by atoms with E-state index in [0.717, 1.165) is 11.8 Å². The molecule has 26 heavy (non-hydrogen) atoms. The number of nitrogens with one attached hydrogen (secondary N) is 1. The van der Waals surface area contributed by atoms with Crippen LogP contribution in [0, 0.1) is 6.92 Å². The first-order valence-corrected chi connectivity index (χ1v) is 10.3. The number of benzene rings is 2. The van der Waals surface area contributed by atoms with Crippen molar-refractivity contribution in [2.45, 2.75) is 13.0 Å². The van der Waals surface area contributed by atoms with Crippen LogP contribution in [0.15, 0.2) is 36.4 Å². The van der Waals surface area contributed by atoms with Crippen LogP contribution in [0.5, 0.6) is 5.75 Å². The van der Waals surface area contributed by atoms with Gasteiger partial charge in [0.2, 0.25) is 10.0 Å². The molecule has 1 heterocycles. The second-order valence-electron chi connectivity index (χ2n) is 5.99. The number of aryl methyl sites for hydroxylation is 1. The van der Waals surface area contributed by atoms with Crippen LogP contribution in [0.1, 0.15) is 5.56 Å². The minimum absolute atomic E-state index is 0.140. The van der Waals surface area contributed by atoms with Crippen LogP contribution in [0.2, 0.25) is 10.0 Å². The second kappa shape index (κ2) is 6.98. The highest BCUT2D eigenvalue weighted by molar-refractivity contribution is 7.92. The maximum atomic E-state index is 12.6. The molecule has 2 aromatic carbocycles. The van der Waals surface area contributed by atoms with Gasteiger partial charge in [0.15, 0.2) is 6.10 Å². The van der Waals surface area contributed by atoms with Crippen LogP contribution in [-0.4, -0.2) is 33.2 Å². The molecule has 9 heteroatoms. The fourth-order valence-electron chi connectivity index (χ4n) is 2.62. The van der Waals surface area contributed by atoms with E-state index in [1.165, 1.54) is 10.4 Å². The number of anilines is 2. The van der Waals surface area contributed by atoms with Crippen molar-refractivity contribution in [2.24, 2.45) is 0 Å². The van der Waals surface area contributed by atoms with Gasteiger partial charge in [-0.15, -0.1) is 0 Å². The van der Waals surface area contributed by atoms with Crippen molar-refractivity contribution in [3.63, 3.8) is 0 Å². The quantitative estimate of drug-likeness (QED) is 0.833. The maximum Gasteiger partial charge on any atom is 0.267 e. The van der Waals surface area contributed by atoms with Crippen molar-refractivity contribution in [3.05, 3.63) is 52.0 Å². The molecule has 0 saturated carbocycles. The van der Waals surface area contributed by atoms with E-state index in [4.69, 9.17) is 27.9 Å². The molecule has 1 aliphatic rings. The lowest BCUT2D eigenvalue weighted by molar-refractivity contribution is -0.122. The molecule has 0 fully saturated rings. The highest BCUT2D eigenvalue weighted by atomic mass is 35.5. The van der Waals surface area contributed by atoms with Crippen LogP contribution in [0.3, 0.4) is 0 Å². The number of carbonyl (C=O) groups is 1. The van der Waals surface area contributed by atoms with E-state index in [-0.39, 0.29) is 6.54 Å². The molecule has 0 aliphatic carbocycles. The third kappa shape index (κ3) is 3.90. The van der Waals surface area contributed by atoms with Gasteiger partial charge in [-0.1, -0.05) is 29.3 Å². The molecule has 6 nitrogen and oxygen atoms in total. The number of nitrogens with zero attached hydrogens (tertiary/aromatic N) is 1. The van der Waals surface area contributed by atoms with E-state index in [0.29, 0.717) is 27.2 Å². The summed E-state index contributed by atoms with van der Waals surface area (Å²) in [5.41, 5.74) is 1.63. The molecule has 138 valence electrons. The third-order valence-electron chi connectivity index (χ3n) is 3.86. The molecule has 3 rings (SSSR count). The van der Waals surface area contributed by atoms with Gasteiger partial charge in [0.25, 0.3) is 5.91 Å². The number of sulfonamides is 1. The van der Waals surface area contributed by atoms with Crippen LogP contribution < -0.4 is 14.4 Å². The van der Waals surface area contributed by atoms with Crippen LogP contribution in [0.25, 0.3) is 0 Å². The summed E-state index contributed by atoms with van der Waals surface area (Å²) in [6, 6.07) is 9.80. The monoisotopic (exact) mass is 414 g/mol. The van der Waals surface area contributed by atoms with Crippen LogP contribution in [-0.2, 0) is 14.8 Å². The van der Waals surface area contributed by atoms with Crippen LogP contribution in [0.4, 0.5) is 11.4 Å². The van der Waals surface area contributed by atoms with Gasteiger partial charge in [-0.2, -0.15) is 0 Å². The Bertz CT molecular complexity index is 979. The van der Waals surface area contributed by atoms with Gasteiger partial charge in [-0.3, -0.25) is 9.10 Å². The standard InChI is InChI=1S/C17H16Cl2N2O4S/c1-10-3-6-15-14(7-10)21(26(2,23)24)9-16(25-15)17(22)20-13-8-11(18)4-5-12(13)19/h3-8,16H,9H2,1-2H3,(H,20,22)/t16-/m0/s1. The van der Waals surface area contributed by atoms with E-state index in [2.05, 4.69) is 5.32 Å². The van der Waals surface area contributed by atoms with Crippen molar-refractivity contribution < 1.29 is 17.9 Å². The van der Waals surface area contributed by atoms with Crippen molar-refractivity contribution in [3.8, 4) is 5.75 Å². The zero-order chi connectivity index (χ0) is 19.1. The van der Waals surface area contributed by atoms with Gasteiger partial charge in [0, 0.05) is 5.02 Å². The van der Waals surface area contributed by atoms with Crippen molar-refractivity contribution in [1.82, 2.24) is 0 Å². The SMILES string of the molecule is Cc1ccc2c(c1)N(S(C)(=O)=O)C[C@@H](C(=O)Nc1cc(Cl)ccc1Cl)O2. The Balaban J connectivity index is 1.91. The van der Waals surface area contributed by atoms with E-state index in [9.17, 15) is 13.2 Å². The lowest BCUT2D eigenvalue weighted by Gasteiger charge is -2.34. The fraction of sp³-hybridized carbons (Fsp3) is 0.235. The van der Waals surface area contributed by atoms with Gasteiger partial charge < -0.3 is 10.1 Å². The fourth-order valence-corrected chi connectivity index (χ4v) is 3.86. The number of hydrogen-bond acceptors (Lipinski definition) is 4. The van der Waals surface area contributed by atoms with E-state index in [1.54, 1.807) is 30.3 Å². The Labute approximate surface area is 161 Å². The molecule has 0 saturated heterocycles. The van der Waals surface area contributed by atoms with Gasteiger partial charge >= 0.3 is 0 Å². The predicted molar refractivity (Wildman–Crippen MR) is 103 cm³/mol. The number of halogens is 2. The number of amides is 1. The highest BCUT2D eigenvalue weighted by Gasteiger charge is 2.35. The number of ether oxygens (including phenoxy) is 1. The van der Waals surface area contributed by atoms with Gasteiger partial charge in [0.05, 0.1) is 29.2 Å². The van der Waals surface area contributed by atoms with Gasteiger partial charge in [0.1, 0.15) is 5.75 Å². The molecule has 2 aromatic rings. The summed E-state index contributed by atoms with van der Waals surface area (Å²) in [5.74, 6) is -0.196. The summed E-state index contributed by atoms with van der Waals surface area (Å²) in [4.78, 5) is 12.6. The highest BCUT2D eigenvalue weighted by Crippen LogP contribution is 2.36. The van der Waals surface area contributed by atoms with Crippen molar-refractivity contribution in [2.75, 3.05) is 22.4 Å². The Kier molecular flexibility index (Phi) is 5.05. The molecule has 1 atom stereocenters. The van der Waals surface area contributed by atoms with Crippen molar-refractivity contribution in [1.29, 1.82) is 0 Å². The van der Waals surface area contributed by atoms with E-state index >= 15 is 0 Å².